The highest BCUT2D eigenvalue weighted by Crippen LogP contribution is 2.26. The standard InChI is InChI=1S/C18H30N4.C9H9ClO.C2H6/c1-3-6-15-14-19-18(20-17(15)7-4-2)22-12-10-21(11-13-22)16-8-5-9-16;1-6-3-4-8(7(2)11)5-9(6)10;1-2/h14,16H,3-13H2,1-2H3;3-5H,1-2H3;1-2H3. The van der Waals surface area contributed by atoms with Gasteiger partial charge in [-0.15, -0.1) is 0 Å². The van der Waals surface area contributed by atoms with E-state index in [-0.39, 0.29) is 5.78 Å². The molecular formula is C29H45ClN4O. The molecule has 1 saturated carbocycles. The number of halogens is 1. The molecule has 1 saturated heterocycles. The fourth-order valence-corrected chi connectivity index (χ4v) is 4.55. The number of Topliss-reactive ketones (excluding diaryl/α,β-unsaturated/α-hetero) is 1. The van der Waals surface area contributed by atoms with E-state index in [9.17, 15) is 4.79 Å². The van der Waals surface area contributed by atoms with Gasteiger partial charge >= 0.3 is 0 Å². The molecule has 1 aliphatic heterocycles. The van der Waals surface area contributed by atoms with E-state index in [4.69, 9.17) is 16.6 Å². The SMILES string of the molecule is CC.CC(=O)c1ccc(C)c(Cl)c1.CCCc1cnc(N2CCN(C3CCC3)CC2)nc1CCC. The maximum atomic E-state index is 10.9. The summed E-state index contributed by atoms with van der Waals surface area (Å²) in [6.07, 6.45) is 10.8. The van der Waals surface area contributed by atoms with Crippen molar-refractivity contribution in [2.75, 3.05) is 31.1 Å². The molecule has 35 heavy (non-hydrogen) atoms. The molecule has 0 N–H and O–H groups in total. The summed E-state index contributed by atoms with van der Waals surface area (Å²) in [5, 5.41) is 0.651. The Balaban J connectivity index is 0.000000280. The smallest absolute Gasteiger partial charge is 0.225 e. The molecule has 0 atom stereocenters. The quantitative estimate of drug-likeness (QED) is 0.385. The van der Waals surface area contributed by atoms with Crippen LogP contribution in [0.5, 0.6) is 0 Å². The van der Waals surface area contributed by atoms with Crippen molar-refractivity contribution in [2.45, 2.75) is 92.5 Å². The summed E-state index contributed by atoms with van der Waals surface area (Å²) >= 11 is 5.81. The Hall–Kier alpha value is -1.98. The summed E-state index contributed by atoms with van der Waals surface area (Å²) in [6.45, 7) is 16.4. The molecule has 1 aliphatic carbocycles. The van der Waals surface area contributed by atoms with Gasteiger partial charge in [0.15, 0.2) is 5.78 Å². The number of nitrogens with zero attached hydrogens (tertiary/aromatic N) is 4. The van der Waals surface area contributed by atoms with Crippen molar-refractivity contribution in [1.82, 2.24) is 14.9 Å². The van der Waals surface area contributed by atoms with Crippen molar-refractivity contribution < 1.29 is 4.79 Å². The van der Waals surface area contributed by atoms with Gasteiger partial charge in [-0.1, -0.05) is 70.7 Å². The van der Waals surface area contributed by atoms with Gasteiger partial charge in [-0.2, -0.15) is 0 Å². The fourth-order valence-electron chi connectivity index (χ4n) is 4.37. The van der Waals surface area contributed by atoms with Crippen LogP contribution in [-0.4, -0.2) is 52.9 Å². The number of hydrogen-bond donors (Lipinski definition) is 0. The van der Waals surface area contributed by atoms with Crippen LogP contribution in [0.15, 0.2) is 24.4 Å². The Morgan fingerprint density at radius 3 is 2.23 bits per heavy atom. The van der Waals surface area contributed by atoms with Gasteiger partial charge in [-0.3, -0.25) is 9.69 Å². The van der Waals surface area contributed by atoms with Crippen LogP contribution in [0.25, 0.3) is 0 Å². The number of aromatic nitrogens is 2. The summed E-state index contributed by atoms with van der Waals surface area (Å²) in [6, 6.07) is 6.19. The summed E-state index contributed by atoms with van der Waals surface area (Å²) < 4.78 is 0. The van der Waals surface area contributed by atoms with Gasteiger partial charge in [0, 0.05) is 54.7 Å². The lowest BCUT2D eigenvalue weighted by Crippen LogP contribution is -2.52. The first-order valence-electron chi connectivity index (χ1n) is 13.5. The molecule has 6 heteroatoms. The largest absolute Gasteiger partial charge is 0.338 e. The normalized spacial score (nSPS) is 15.9. The summed E-state index contributed by atoms with van der Waals surface area (Å²) in [4.78, 5) is 25.5. The Kier molecular flexibility index (Phi) is 12.7. The molecular weight excluding hydrogens is 456 g/mol. The number of carbonyl (C=O) groups is 1. The average molecular weight is 501 g/mol. The zero-order valence-corrected chi connectivity index (χ0v) is 23.5. The van der Waals surface area contributed by atoms with Gasteiger partial charge in [0.1, 0.15) is 0 Å². The molecule has 2 fully saturated rings. The summed E-state index contributed by atoms with van der Waals surface area (Å²) in [5.74, 6) is 1.00. The van der Waals surface area contributed by atoms with E-state index in [1.165, 1.54) is 57.0 Å². The van der Waals surface area contributed by atoms with E-state index in [1.807, 2.05) is 26.8 Å². The lowest BCUT2D eigenvalue weighted by molar-refractivity contribution is 0.101. The van der Waals surface area contributed by atoms with Crippen LogP contribution in [0.3, 0.4) is 0 Å². The van der Waals surface area contributed by atoms with Gasteiger partial charge in [-0.05, 0) is 56.7 Å². The monoisotopic (exact) mass is 500 g/mol. The lowest BCUT2D eigenvalue weighted by Gasteiger charge is -2.43. The zero-order valence-electron chi connectivity index (χ0n) is 22.7. The number of carbonyl (C=O) groups excluding carboxylic acids is 1. The van der Waals surface area contributed by atoms with Gasteiger partial charge in [0.05, 0.1) is 0 Å². The molecule has 1 aromatic carbocycles. The molecule has 2 aliphatic rings. The summed E-state index contributed by atoms with van der Waals surface area (Å²) in [5.41, 5.74) is 4.29. The molecule has 5 nitrogen and oxygen atoms in total. The highest BCUT2D eigenvalue weighted by molar-refractivity contribution is 6.31. The van der Waals surface area contributed by atoms with Gasteiger partial charge in [0.25, 0.3) is 0 Å². The van der Waals surface area contributed by atoms with Crippen molar-refractivity contribution in [3.8, 4) is 0 Å². The minimum absolute atomic E-state index is 0.0481. The van der Waals surface area contributed by atoms with Crippen LogP contribution >= 0.6 is 11.6 Å². The molecule has 4 rings (SSSR count). The Morgan fingerprint density at radius 2 is 1.71 bits per heavy atom. The van der Waals surface area contributed by atoms with Crippen LogP contribution in [-0.2, 0) is 12.8 Å². The van der Waals surface area contributed by atoms with E-state index in [1.54, 1.807) is 12.1 Å². The van der Waals surface area contributed by atoms with Crippen molar-refractivity contribution in [3.63, 3.8) is 0 Å². The molecule has 0 radical (unpaired) electrons. The van der Waals surface area contributed by atoms with E-state index < -0.39 is 0 Å². The Bertz CT molecular complexity index is 921. The first-order valence-corrected chi connectivity index (χ1v) is 13.9. The maximum absolute atomic E-state index is 10.9. The number of aryl methyl sites for hydroxylation is 3. The molecule has 0 unspecified atom stereocenters. The third-order valence-electron chi connectivity index (χ3n) is 6.71. The topological polar surface area (TPSA) is 49.3 Å². The molecule has 0 bridgehead atoms. The third kappa shape index (κ3) is 8.57. The first kappa shape index (κ1) is 29.3. The van der Waals surface area contributed by atoms with Crippen molar-refractivity contribution in [1.29, 1.82) is 0 Å². The molecule has 2 heterocycles. The minimum Gasteiger partial charge on any atom is -0.338 e. The van der Waals surface area contributed by atoms with Crippen LogP contribution in [0.1, 0.15) is 93.9 Å². The molecule has 1 aromatic heterocycles. The van der Waals surface area contributed by atoms with E-state index in [2.05, 4.69) is 34.8 Å². The average Bonchev–Trinajstić information content (AvgIpc) is 2.83. The fraction of sp³-hybridized carbons (Fsp3) is 0.621. The molecule has 0 amide bonds. The van der Waals surface area contributed by atoms with Crippen LogP contribution in [0.2, 0.25) is 5.02 Å². The highest BCUT2D eigenvalue weighted by atomic mass is 35.5. The van der Waals surface area contributed by atoms with Crippen LogP contribution in [0, 0.1) is 6.92 Å². The second-order valence-corrected chi connectivity index (χ2v) is 9.68. The third-order valence-corrected chi connectivity index (χ3v) is 7.12. The maximum Gasteiger partial charge on any atom is 0.225 e. The number of rotatable bonds is 7. The van der Waals surface area contributed by atoms with Crippen molar-refractivity contribution in [3.05, 3.63) is 51.8 Å². The number of piperazine rings is 1. The Labute approximate surface area is 218 Å². The number of benzene rings is 1. The minimum atomic E-state index is 0.0481. The van der Waals surface area contributed by atoms with Crippen LogP contribution in [0.4, 0.5) is 5.95 Å². The van der Waals surface area contributed by atoms with E-state index in [0.29, 0.717) is 10.6 Å². The number of hydrogen-bond acceptors (Lipinski definition) is 5. The van der Waals surface area contributed by atoms with Gasteiger partial charge in [0.2, 0.25) is 5.95 Å². The van der Waals surface area contributed by atoms with E-state index in [0.717, 1.165) is 49.9 Å². The Morgan fingerprint density at radius 1 is 1.06 bits per heavy atom. The lowest BCUT2D eigenvalue weighted by atomic mass is 9.91. The predicted octanol–water partition coefficient (Wildman–Crippen LogP) is 6.93. The molecule has 0 spiro atoms. The second kappa shape index (κ2) is 15.2. The number of anilines is 1. The van der Waals surface area contributed by atoms with Gasteiger partial charge < -0.3 is 4.90 Å². The summed E-state index contributed by atoms with van der Waals surface area (Å²) in [7, 11) is 0. The van der Waals surface area contributed by atoms with Crippen LogP contribution < -0.4 is 4.90 Å². The predicted molar refractivity (Wildman–Crippen MR) is 149 cm³/mol. The van der Waals surface area contributed by atoms with Crippen molar-refractivity contribution in [2.24, 2.45) is 0 Å². The second-order valence-electron chi connectivity index (χ2n) is 9.27. The highest BCUT2D eigenvalue weighted by Gasteiger charge is 2.28. The molecule has 2 aromatic rings. The van der Waals surface area contributed by atoms with Gasteiger partial charge in [-0.25, -0.2) is 9.97 Å². The molecule has 194 valence electrons. The number of ketones is 1. The van der Waals surface area contributed by atoms with E-state index >= 15 is 0 Å². The van der Waals surface area contributed by atoms with Crippen molar-refractivity contribution >= 4 is 23.3 Å². The first-order chi connectivity index (χ1) is 16.9. The zero-order chi connectivity index (χ0) is 25.8.